The van der Waals surface area contributed by atoms with E-state index in [1.165, 1.54) is 55.7 Å². The number of pyridine rings is 1. The van der Waals surface area contributed by atoms with Crippen molar-refractivity contribution in [1.29, 1.82) is 0 Å². The largest absolute Gasteiger partial charge is 0.457 e. The zero-order valence-corrected chi connectivity index (χ0v) is 33.3. The van der Waals surface area contributed by atoms with Crippen molar-refractivity contribution in [3.8, 4) is 28.4 Å². The van der Waals surface area contributed by atoms with Crippen LogP contribution in [0.3, 0.4) is 0 Å². The molecule has 278 valence electrons. The average molecular weight is 733 g/mol. The Morgan fingerprint density at radius 2 is 1.21 bits per heavy atom. The Hall–Kier alpha value is -6.33. The van der Waals surface area contributed by atoms with Gasteiger partial charge in [0.15, 0.2) is 0 Å². The molecule has 0 N–H and O–H groups in total. The van der Waals surface area contributed by atoms with Crippen LogP contribution < -0.4 is 14.5 Å². The molecule has 0 spiro atoms. The summed E-state index contributed by atoms with van der Waals surface area (Å²) < 4.78 is 9.18. The number of hydrogen-bond donors (Lipinski definition) is 0. The zero-order chi connectivity index (χ0) is 38.8. The molecule has 3 heterocycles. The summed E-state index contributed by atoms with van der Waals surface area (Å²) >= 11 is 0. The number of anilines is 4. The molecule has 2 aromatic heterocycles. The number of nitrogens with zero attached hydrogens (tertiary/aromatic N) is 4. The lowest BCUT2D eigenvalue weighted by atomic mass is 9.86. The maximum absolute atomic E-state index is 6.91. The van der Waals surface area contributed by atoms with Gasteiger partial charge in [-0.1, -0.05) is 114 Å². The highest BCUT2D eigenvalue weighted by atomic mass is 16.5. The highest BCUT2D eigenvalue weighted by molar-refractivity contribution is 6.09. The van der Waals surface area contributed by atoms with Crippen LogP contribution in [-0.4, -0.2) is 16.2 Å². The van der Waals surface area contributed by atoms with Gasteiger partial charge >= 0.3 is 0 Å². The molecule has 5 nitrogen and oxygen atoms in total. The van der Waals surface area contributed by atoms with Gasteiger partial charge in [0.25, 0.3) is 0 Å². The third-order valence-corrected chi connectivity index (χ3v) is 11.1. The first kappa shape index (κ1) is 35.4. The van der Waals surface area contributed by atoms with E-state index in [0.717, 1.165) is 34.0 Å². The quantitative estimate of drug-likeness (QED) is 0.170. The first-order valence-electron chi connectivity index (χ1n) is 19.6. The number of benzene rings is 6. The maximum atomic E-state index is 6.91. The minimum Gasteiger partial charge on any atom is -0.457 e. The lowest BCUT2D eigenvalue weighted by Crippen LogP contribution is -2.25. The molecule has 5 heteroatoms. The highest BCUT2D eigenvalue weighted by Gasteiger charge is 2.31. The minimum absolute atomic E-state index is 0.00237. The van der Waals surface area contributed by atoms with Crippen LogP contribution in [0, 0.1) is 6.92 Å². The van der Waals surface area contributed by atoms with Gasteiger partial charge in [0.05, 0.1) is 28.1 Å². The molecule has 0 saturated heterocycles. The Morgan fingerprint density at radius 3 is 1.98 bits per heavy atom. The average Bonchev–Trinajstić information content (AvgIpc) is 3.73. The number of ether oxygens (including phenoxy) is 1. The Morgan fingerprint density at radius 1 is 0.536 bits per heavy atom. The fraction of sp³-hybridized carbons (Fsp3) is 0.196. The number of rotatable bonds is 6. The molecule has 0 atom stereocenters. The lowest BCUT2D eigenvalue weighted by Gasteiger charge is -2.27. The molecular formula is C51H48N4O. The van der Waals surface area contributed by atoms with Crippen molar-refractivity contribution in [3.63, 3.8) is 0 Å². The van der Waals surface area contributed by atoms with E-state index in [2.05, 4.69) is 208 Å². The second-order valence-electron chi connectivity index (χ2n) is 17.1. The van der Waals surface area contributed by atoms with E-state index >= 15 is 0 Å². The van der Waals surface area contributed by atoms with E-state index in [1.807, 2.05) is 6.20 Å². The van der Waals surface area contributed by atoms with Gasteiger partial charge in [0.2, 0.25) is 0 Å². The van der Waals surface area contributed by atoms with Gasteiger partial charge in [-0.25, -0.2) is 4.98 Å². The third kappa shape index (κ3) is 6.27. The SMILES string of the molecule is Cc1cccc(N2CN(c3cc(Oc4ccc5c6ccccc6n(-c6cc(C(C)(C)C)ccn6)c5c4)cc(C(C)(C)C)c3)c3ccccc32)c1-c1ccccc1. The number of para-hydroxylation sites is 3. The van der Waals surface area contributed by atoms with E-state index in [9.17, 15) is 0 Å². The van der Waals surface area contributed by atoms with Crippen LogP contribution in [0.15, 0.2) is 152 Å². The van der Waals surface area contributed by atoms with Crippen LogP contribution >= 0.6 is 0 Å². The summed E-state index contributed by atoms with van der Waals surface area (Å²) in [6.07, 6.45) is 1.93. The Labute approximate surface area is 330 Å². The molecule has 9 rings (SSSR count). The second kappa shape index (κ2) is 13.5. The van der Waals surface area contributed by atoms with Gasteiger partial charge in [-0.15, -0.1) is 0 Å². The summed E-state index contributed by atoms with van der Waals surface area (Å²) in [6.45, 7) is 16.4. The van der Waals surface area contributed by atoms with Crippen molar-refractivity contribution in [3.05, 3.63) is 168 Å². The van der Waals surface area contributed by atoms with Crippen LogP contribution in [0.2, 0.25) is 0 Å². The van der Waals surface area contributed by atoms with E-state index in [0.29, 0.717) is 6.67 Å². The lowest BCUT2D eigenvalue weighted by molar-refractivity contribution is 0.479. The van der Waals surface area contributed by atoms with Gasteiger partial charge in [0.1, 0.15) is 24.0 Å². The van der Waals surface area contributed by atoms with Gasteiger partial charge in [-0.3, -0.25) is 4.57 Å². The maximum Gasteiger partial charge on any atom is 0.137 e. The molecule has 0 bridgehead atoms. The van der Waals surface area contributed by atoms with Crippen LogP contribution in [0.4, 0.5) is 22.7 Å². The smallest absolute Gasteiger partial charge is 0.137 e. The van der Waals surface area contributed by atoms with Crippen LogP contribution in [0.1, 0.15) is 58.2 Å². The molecule has 0 fully saturated rings. The topological polar surface area (TPSA) is 33.5 Å². The van der Waals surface area contributed by atoms with Crippen LogP contribution in [-0.2, 0) is 10.8 Å². The van der Waals surface area contributed by atoms with Crippen molar-refractivity contribution >= 4 is 44.6 Å². The molecule has 0 amide bonds. The third-order valence-electron chi connectivity index (χ3n) is 11.1. The van der Waals surface area contributed by atoms with E-state index in [1.54, 1.807) is 0 Å². The summed E-state index contributed by atoms with van der Waals surface area (Å²) in [5.41, 5.74) is 12.9. The number of hydrogen-bond acceptors (Lipinski definition) is 4. The molecule has 1 aliphatic heterocycles. The van der Waals surface area contributed by atoms with E-state index in [4.69, 9.17) is 9.72 Å². The molecule has 6 aromatic carbocycles. The molecular weight excluding hydrogens is 685 g/mol. The Kier molecular flexibility index (Phi) is 8.50. The summed E-state index contributed by atoms with van der Waals surface area (Å²) in [5.74, 6) is 2.49. The molecule has 8 aromatic rings. The molecule has 0 saturated carbocycles. The van der Waals surface area contributed by atoms with Crippen molar-refractivity contribution in [2.24, 2.45) is 0 Å². The first-order chi connectivity index (χ1) is 26.9. The standard InChI is InChI=1S/C51H48N4O/c1-34-16-15-23-46(49(34)35-17-9-8-10-18-35)54-33-53(44-21-13-14-22-45(44)54)38-28-37(51(5,6)7)29-40(31-38)56-39-24-25-42-41-19-11-12-20-43(41)55(47(42)32-39)48-30-36(26-27-52-48)50(2,3)4/h8-32H,33H2,1-7H3. The molecule has 0 radical (unpaired) electrons. The Bertz CT molecular complexity index is 2750. The van der Waals surface area contributed by atoms with Crippen molar-refractivity contribution < 1.29 is 4.74 Å². The van der Waals surface area contributed by atoms with Crippen molar-refractivity contribution in [1.82, 2.24) is 9.55 Å². The Balaban J connectivity index is 1.14. The van der Waals surface area contributed by atoms with E-state index in [-0.39, 0.29) is 10.8 Å². The minimum atomic E-state index is -0.107. The van der Waals surface area contributed by atoms with Crippen molar-refractivity contribution in [2.75, 3.05) is 16.5 Å². The predicted molar refractivity (Wildman–Crippen MR) is 235 cm³/mol. The van der Waals surface area contributed by atoms with Crippen LogP contribution in [0.25, 0.3) is 38.8 Å². The van der Waals surface area contributed by atoms with E-state index < -0.39 is 0 Å². The normalized spacial score (nSPS) is 13.1. The van der Waals surface area contributed by atoms with Gasteiger partial charge in [-0.05, 0) is 101 Å². The summed E-state index contributed by atoms with van der Waals surface area (Å²) in [6, 6.07) is 52.2. The molecule has 0 aliphatic carbocycles. The van der Waals surface area contributed by atoms with Gasteiger partial charge in [0, 0.05) is 40.4 Å². The van der Waals surface area contributed by atoms with Crippen molar-refractivity contribution in [2.45, 2.75) is 59.3 Å². The van der Waals surface area contributed by atoms with Gasteiger partial charge < -0.3 is 14.5 Å². The fourth-order valence-corrected chi connectivity index (χ4v) is 8.13. The van der Waals surface area contributed by atoms with Crippen LogP contribution in [0.5, 0.6) is 11.5 Å². The summed E-state index contributed by atoms with van der Waals surface area (Å²) in [5, 5.41) is 2.36. The second-order valence-corrected chi connectivity index (χ2v) is 17.1. The highest BCUT2D eigenvalue weighted by Crippen LogP contribution is 2.48. The monoisotopic (exact) mass is 732 g/mol. The number of aryl methyl sites for hydroxylation is 1. The molecule has 0 unspecified atom stereocenters. The number of aromatic nitrogens is 2. The summed E-state index contributed by atoms with van der Waals surface area (Å²) in [7, 11) is 0. The first-order valence-corrected chi connectivity index (χ1v) is 19.6. The zero-order valence-electron chi connectivity index (χ0n) is 33.3. The fourth-order valence-electron chi connectivity index (χ4n) is 8.13. The van der Waals surface area contributed by atoms with Gasteiger partial charge in [-0.2, -0.15) is 0 Å². The molecule has 56 heavy (non-hydrogen) atoms. The molecule has 1 aliphatic rings. The number of fused-ring (bicyclic) bond motifs is 4. The summed E-state index contributed by atoms with van der Waals surface area (Å²) in [4.78, 5) is 9.76. The predicted octanol–water partition coefficient (Wildman–Crippen LogP) is 13.8.